The molecule has 1 aromatic carbocycles. The van der Waals surface area contributed by atoms with Gasteiger partial charge in [-0.05, 0) is 18.1 Å². The largest absolute Gasteiger partial charge is 0.373 e. The average molecular weight is 298 g/mol. The minimum absolute atomic E-state index is 0.0867. The second-order valence-electron chi connectivity index (χ2n) is 4.24. The van der Waals surface area contributed by atoms with Gasteiger partial charge < -0.3 is 4.74 Å². The lowest BCUT2D eigenvalue weighted by molar-refractivity contribution is -0.167. The zero-order chi connectivity index (χ0) is 15.2. The maximum Gasteiger partial charge on any atom is 0.330 e. The van der Waals surface area contributed by atoms with E-state index in [0.29, 0.717) is 5.56 Å². The third-order valence-electron chi connectivity index (χ3n) is 2.59. The minimum Gasteiger partial charge on any atom is -0.373 e. The van der Waals surface area contributed by atoms with Crippen LogP contribution < -0.4 is 11.3 Å². The van der Waals surface area contributed by atoms with E-state index in [2.05, 4.69) is 10.2 Å². The quantitative estimate of drug-likeness (QED) is 0.439. The van der Waals surface area contributed by atoms with Gasteiger partial charge in [0, 0.05) is 6.04 Å². The van der Waals surface area contributed by atoms with E-state index >= 15 is 0 Å². The van der Waals surface area contributed by atoms with Crippen LogP contribution in [0.5, 0.6) is 0 Å². The van der Waals surface area contributed by atoms with Gasteiger partial charge in [0.15, 0.2) is 0 Å². The van der Waals surface area contributed by atoms with Crippen LogP contribution in [0.25, 0.3) is 0 Å². The third-order valence-corrected chi connectivity index (χ3v) is 2.59. The zero-order valence-corrected chi connectivity index (χ0v) is 10.5. The van der Waals surface area contributed by atoms with E-state index in [4.69, 9.17) is 5.84 Å². The van der Waals surface area contributed by atoms with Crippen molar-refractivity contribution in [2.24, 2.45) is 5.84 Å². The zero-order valence-electron chi connectivity index (χ0n) is 10.5. The Bertz CT molecular complexity index is 417. The molecular weight excluding hydrogens is 283 g/mol. The molecule has 0 spiro atoms. The lowest BCUT2D eigenvalue weighted by Gasteiger charge is -2.19. The van der Waals surface area contributed by atoms with Gasteiger partial charge in [0.2, 0.25) is 0 Å². The number of halogens is 5. The first-order chi connectivity index (χ1) is 9.36. The smallest absolute Gasteiger partial charge is 0.330 e. The molecule has 114 valence electrons. The lowest BCUT2D eigenvalue weighted by atomic mass is 10.1. The summed E-state index contributed by atoms with van der Waals surface area (Å²) in [5, 5.41) is 0. The fourth-order valence-electron chi connectivity index (χ4n) is 1.50. The molecule has 0 aliphatic heterocycles. The Kier molecular flexibility index (Phi) is 6.31. The Balaban J connectivity index is 2.47. The van der Waals surface area contributed by atoms with E-state index < -0.39 is 30.8 Å². The number of hydrogen-bond acceptors (Lipinski definition) is 3. The molecule has 1 atom stereocenters. The number of nitrogens with one attached hydrogen (secondary N) is 1. The molecule has 0 fully saturated rings. The number of nitrogens with two attached hydrogens (primary N) is 1. The summed E-state index contributed by atoms with van der Waals surface area (Å²) in [6.07, 6.45) is -3.71. The van der Waals surface area contributed by atoms with E-state index in [9.17, 15) is 22.0 Å². The normalized spacial score (nSPS) is 13.8. The highest BCUT2D eigenvalue weighted by Gasteiger charge is 2.41. The molecule has 1 aromatic rings. The summed E-state index contributed by atoms with van der Waals surface area (Å²) >= 11 is 0. The van der Waals surface area contributed by atoms with Crippen molar-refractivity contribution in [3.05, 3.63) is 35.6 Å². The number of hydrazine groups is 1. The second kappa shape index (κ2) is 7.51. The van der Waals surface area contributed by atoms with Gasteiger partial charge in [0.25, 0.3) is 0 Å². The maximum absolute atomic E-state index is 13.4. The molecule has 1 unspecified atom stereocenters. The topological polar surface area (TPSA) is 47.3 Å². The Morgan fingerprint density at radius 1 is 1.25 bits per heavy atom. The van der Waals surface area contributed by atoms with Crippen molar-refractivity contribution in [3.63, 3.8) is 0 Å². The molecule has 0 amide bonds. The fraction of sp³-hybridized carbons (Fsp3) is 0.500. The summed E-state index contributed by atoms with van der Waals surface area (Å²) in [5.74, 6) is 0.514. The Labute approximate surface area is 112 Å². The van der Waals surface area contributed by atoms with Crippen molar-refractivity contribution in [1.29, 1.82) is 0 Å². The summed E-state index contributed by atoms with van der Waals surface area (Å²) in [4.78, 5) is 0. The molecule has 0 aliphatic carbocycles. The molecule has 3 nitrogen and oxygen atoms in total. The molecule has 3 N–H and O–H groups in total. The van der Waals surface area contributed by atoms with E-state index in [1.165, 1.54) is 18.2 Å². The summed E-state index contributed by atoms with van der Waals surface area (Å²) in [5.41, 5.74) is 2.59. The van der Waals surface area contributed by atoms with Gasteiger partial charge in [-0.2, -0.15) is 8.78 Å². The van der Waals surface area contributed by atoms with Crippen molar-refractivity contribution in [3.8, 4) is 0 Å². The number of ether oxygens (including phenoxy) is 1. The standard InChI is InChI=1S/C12H15F5N2O/c13-10-4-2-1-3-8(10)5-9(19-18)6-20-7-12(16,17)11(14)15/h1-4,9,11,19H,5-7,18H2. The van der Waals surface area contributed by atoms with Crippen LogP contribution >= 0.6 is 0 Å². The van der Waals surface area contributed by atoms with E-state index in [1.54, 1.807) is 6.07 Å². The van der Waals surface area contributed by atoms with Crippen molar-refractivity contribution in [2.45, 2.75) is 24.8 Å². The summed E-state index contributed by atoms with van der Waals surface area (Å²) in [6, 6.07) is 5.20. The molecule has 0 saturated heterocycles. The maximum atomic E-state index is 13.4. The van der Waals surface area contributed by atoms with Crippen LogP contribution in [0, 0.1) is 5.82 Å². The van der Waals surface area contributed by atoms with Crippen LogP contribution in [0.1, 0.15) is 5.56 Å². The Hall–Kier alpha value is -1.25. The first-order valence-corrected chi connectivity index (χ1v) is 5.80. The van der Waals surface area contributed by atoms with Crippen LogP contribution in [0.3, 0.4) is 0 Å². The predicted octanol–water partition coefficient (Wildman–Crippen LogP) is 2.12. The van der Waals surface area contributed by atoms with Gasteiger partial charge in [-0.25, -0.2) is 13.2 Å². The lowest BCUT2D eigenvalue weighted by Crippen LogP contribution is -2.42. The third kappa shape index (κ3) is 5.03. The van der Waals surface area contributed by atoms with Crippen molar-refractivity contribution in [2.75, 3.05) is 13.2 Å². The van der Waals surface area contributed by atoms with Gasteiger partial charge >= 0.3 is 12.3 Å². The first kappa shape index (κ1) is 16.8. The van der Waals surface area contributed by atoms with Crippen molar-refractivity contribution < 1.29 is 26.7 Å². The van der Waals surface area contributed by atoms with Crippen molar-refractivity contribution >= 4 is 0 Å². The van der Waals surface area contributed by atoms with Gasteiger partial charge in [-0.1, -0.05) is 18.2 Å². The first-order valence-electron chi connectivity index (χ1n) is 5.80. The number of alkyl halides is 4. The molecule has 1 rings (SSSR count). The van der Waals surface area contributed by atoms with Crippen LogP contribution in [0.2, 0.25) is 0 Å². The predicted molar refractivity (Wildman–Crippen MR) is 63.0 cm³/mol. The molecule has 0 aliphatic rings. The SMILES string of the molecule is NNC(COCC(F)(F)C(F)F)Cc1ccccc1F. The molecule has 0 saturated carbocycles. The molecular formula is C12H15F5N2O. The number of benzene rings is 1. The van der Waals surface area contributed by atoms with Gasteiger partial charge in [0.05, 0.1) is 6.61 Å². The summed E-state index contributed by atoms with van der Waals surface area (Å²) < 4.78 is 66.9. The fourth-order valence-corrected chi connectivity index (χ4v) is 1.50. The van der Waals surface area contributed by atoms with E-state index in [1.807, 2.05) is 0 Å². The molecule has 0 heterocycles. The Morgan fingerprint density at radius 2 is 1.90 bits per heavy atom. The number of rotatable bonds is 8. The van der Waals surface area contributed by atoms with Crippen molar-refractivity contribution in [1.82, 2.24) is 5.43 Å². The molecule has 0 aromatic heterocycles. The Morgan fingerprint density at radius 3 is 2.45 bits per heavy atom. The van der Waals surface area contributed by atoms with E-state index in [0.717, 1.165) is 0 Å². The van der Waals surface area contributed by atoms with Crippen LogP contribution in [-0.4, -0.2) is 31.6 Å². The van der Waals surface area contributed by atoms with Gasteiger partial charge in [-0.15, -0.1) is 0 Å². The average Bonchev–Trinajstić information content (AvgIpc) is 2.39. The van der Waals surface area contributed by atoms with Gasteiger partial charge in [-0.3, -0.25) is 11.3 Å². The molecule has 20 heavy (non-hydrogen) atoms. The van der Waals surface area contributed by atoms with Gasteiger partial charge in [0.1, 0.15) is 12.4 Å². The highest BCUT2D eigenvalue weighted by Crippen LogP contribution is 2.22. The highest BCUT2D eigenvalue weighted by molar-refractivity contribution is 5.18. The summed E-state index contributed by atoms with van der Waals surface area (Å²) in [7, 11) is 0. The van der Waals surface area contributed by atoms with Crippen LogP contribution in [-0.2, 0) is 11.2 Å². The number of hydrogen-bond donors (Lipinski definition) is 2. The van der Waals surface area contributed by atoms with Crippen LogP contribution in [0.15, 0.2) is 24.3 Å². The monoisotopic (exact) mass is 298 g/mol. The molecule has 0 bridgehead atoms. The van der Waals surface area contributed by atoms with Crippen LogP contribution in [0.4, 0.5) is 22.0 Å². The summed E-state index contributed by atoms with van der Waals surface area (Å²) in [6.45, 7) is -1.76. The van der Waals surface area contributed by atoms with E-state index in [-0.39, 0.29) is 13.0 Å². The molecule has 0 radical (unpaired) electrons. The minimum atomic E-state index is -4.21. The molecule has 8 heteroatoms. The highest BCUT2D eigenvalue weighted by atomic mass is 19.3. The second-order valence-corrected chi connectivity index (χ2v) is 4.24.